The van der Waals surface area contributed by atoms with Crippen LogP contribution in [0.1, 0.15) is 11.4 Å². The number of halogens is 1. The number of carbonyl (C=O) groups is 1. The van der Waals surface area contributed by atoms with Crippen molar-refractivity contribution in [2.45, 2.75) is 12.8 Å². The number of methoxy groups -OCH3 is 1. The first kappa shape index (κ1) is 17.7. The number of hydrogen-bond acceptors (Lipinski definition) is 6. The van der Waals surface area contributed by atoms with Crippen LogP contribution < -0.4 is 14.5 Å². The fraction of sp³-hybridized carbons (Fsp3) is 0.421. The molecule has 0 atom stereocenters. The van der Waals surface area contributed by atoms with Gasteiger partial charge in [-0.25, -0.2) is 9.37 Å². The van der Waals surface area contributed by atoms with Gasteiger partial charge in [-0.05, 0) is 18.6 Å². The van der Waals surface area contributed by atoms with Gasteiger partial charge in [-0.15, -0.1) is 0 Å². The van der Waals surface area contributed by atoms with Gasteiger partial charge in [0.15, 0.2) is 0 Å². The van der Waals surface area contributed by atoms with Gasteiger partial charge < -0.3 is 19.3 Å². The molecule has 1 aromatic carbocycles. The molecular weight excluding hydrogens is 351 g/mol. The van der Waals surface area contributed by atoms with Crippen LogP contribution in [0.25, 0.3) is 0 Å². The van der Waals surface area contributed by atoms with E-state index in [1.165, 1.54) is 13.2 Å². The maximum absolute atomic E-state index is 13.9. The molecule has 7 nitrogen and oxygen atoms in total. The summed E-state index contributed by atoms with van der Waals surface area (Å²) in [5.41, 5.74) is 1.22. The van der Waals surface area contributed by atoms with Crippen LogP contribution in [0.5, 0.6) is 5.88 Å². The Balaban J connectivity index is 1.56. The Bertz CT molecular complexity index is 855. The van der Waals surface area contributed by atoms with Crippen molar-refractivity contribution in [1.29, 1.82) is 0 Å². The molecule has 1 amide bonds. The quantitative estimate of drug-likeness (QED) is 0.812. The van der Waals surface area contributed by atoms with Crippen LogP contribution in [0.3, 0.4) is 0 Å². The smallest absolute Gasteiger partial charge is 0.234 e. The summed E-state index contributed by atoms with van der Waals surface area (Å²) >= 11 is 0. The first-order valence-corrected chi connectivity index (χ1v) is 8.98. The van der Waals surface area contributed by atoms with Crippen LogP contribution >= 0.6 is 0 Å². The Labute approximate surface area is 156 Å². The lowest BCUT2D eigenvalue weighted by molar-refractivity contribution is -0.118. The van der Waals surface area contributed by atoms with Gasteiger partial charge in [-0.1, -0.05) is 6.07 Å². The maximum atomic E-state index is 13.9. The van der Waals surface area contributed by atoms with E-state index in [0.29, 0.717) is 49.1 Å². The molecule has 0 aliphatic carbocycles. The molecule has 2 aliphatic rings. The highest BCUT2D eigenvalue weighted by atomic mass is 19.1. The van der Waals surface area contributed by atoms with E-state index >= 15 is 0 Å². The highest BCUT2D eigenvalue weighted by Crippen LogP contribution is 2.30. The summed E-state index contributed by atoms with van der Waals surface area (Å²) in [6, 6.07) is 6.58. The number of carbonyl (C=O) groups excluding carboxylic acids is 1. The lowest BCUT2D eigenvalue weighted by Gasteiger charge is -2.28. The van der Waals surface area contributed by atoms with E-state index in [-0.39, 0.29) is 18.1 Å². The lowest BCUT2D eigenvalue weighted by atomic mass is 10.1. The Morgan fingerprint density at radius 1 is 1.26 bits per heavy atom. The monoisotopic (exact) mass is 372 g/mol. The molecule has 27 heavy (non-hydrogen) atoms. The minimum absolute atomic E-state index is 0.0322. The number of anilines is 2. The molecule has 1 fully saturated rings. The number of amides is 1. The molecular formula is C19H21FN4O3. The predicted octanol–water partition coefficient (Wildman–Crippen LogP) is 1.59. The summed E-state index contributed by atoms with van der Waals surface area (Å²) in [6.07, 6.45) is 0.552. The zero-order valence-corrected chi connectivity index (χ0v) is 15.2. The largest absolute Gasteiger partial charge is 0.481 e. The van der Waals surface area contributed by atoms with Gasteiger partial charge in [0.1, 0.15) is 17.5 Å². The fourth-order valence-electron chi connectivity index (χ4n) is 3.48. The first-order valence-electron chi connectivity index (χ1n) is 8.98. The first-order chi connectivity index (χ1) is 13.2. The van der Waals surface area contributed by atoms with Crippen molar-refractivity contribution in [3.05, 3.63) is 41.5 Å². The van der Waals surface area contributed by atoms with Crippen molar-refractivity contribution >= 4 is 17.4 Å². The van der Waals surface area contributed by atoms with Gasteiger partial charge in [-0.3, -0.25) is 4.79 Å². The average Bonchev–Trinajstić information content (AvgIpc) is 3.14. The lowest BCUT2D eigenvalue weighted by Crippen LogP contribution is -2.37. The summed E-state index contributed by atoms with van der Waals surface area (Å²) in [4.78, 5) is 25.4. The molecule has 4 rings (SSSR count). The highest BCUT2D eigenvalue weighted by molar-refractivity contribution is 5.96. The molecule has 8 heteroatoms. The number of benzene rings is 1. The number of fused-ring (bicyclic) bond motifs is 1. The van der Waals surface area contributed by atoms with Crippen molar-refractivity contribution < 1.29 is 18.7 Å². The molecule has 0 spiro atoms. The third-order valence-electron chi connectivity index (χ3n) is 4.86. The molecule has 1 aromatic heterocycles. The maximum Gasteiger partial charge on any atom is 0.234 e. The van der Waals surface area contributed by atoms with Crippen molar-refractivity contribution in [3.8, 4) is 5.88 Å². The summed E-state index contributed by atoms with van der Waals surface area (Å²) in [7, 11) is 1.54. The summed E-state index contributed by atoms with van der Waals surface area (Å²) in [5.74, 6) is 1.12. The highest BCUT2D eigenvalue weighted by Gasteiger charge is 2.27. The summed E-state index contributed by atoms with van der Waals surface area (Å²) in [5, 5.41) is 0. The van der Waals surface area contributed by atoms with E-state index in [2.05, 4.69) is 14.9 Å². The van der Waals surface area contributed by atoms with E-state index < -0.39 is 0 Å². The number of morpholine rings is 1. The molecule has 0 saturated carbocycles. The topological polar surface area (TPSA) is 67.8 Å². The Morgan fingerprint density at radius 3 is 2.85 bits per heavy atom. The second-order valence-corrected chi connectivity index (χ2v) is 6.49. The Morgan fingerprint density at radius 2 is 2.07 bits per heavy atom. The number of hydrogen-bond donors (Lipinski definition) is 0. The molecule has 0 N–H and O–H groups in total. The van der Waals surface area contributed by atoms with E-state index in [4.69, 9.17) is 9.47 Å². The van der Waals surface area contributed by atoms with Gasteiger partial charge in [0.25, 0.3) is 0 Å². The Kier molecular flexibility index (Phi) is 4.89. The van der Waals surface area contributed by atoms with Crippen LogP contribution in [0.4, 0.5) is 15.9 Å². The van der Waals surface area contributed by atoms with Crippen molar-refractivity contribution in [3.63, 3.8) is 0 Å². The minimum atomic E-state index is -0.268. The average molecular weight is 372 g/mol. The molecule has 2 aromatic rings. The Hall–Kier alpha value is -2.74. The van der Waals surface area contributed by atoms with E-state index in [1.807, 2.05) is 0 Å². The summed E-state index contributed by atoms with van der Waals surface area (Å²) in [6.45, 7) is 3.20. The molecule has 2 aliphatic heterocycles. The SMILES string of the molecule is COc1cc(N2CCOCC2)nc(CC(=O)N2CCc3c(F)cccc32)n1. The third-order valence-corrected chi connectivity index (χ3v) is 4.86. The van der Waals surface area contributed by atoms with Crippen LogP contribution in [-0.4, -0.2) is 55.8 Å². The van der Waals surface area contributed by atoms with E-state index in [9.17, 15) is 9.18 Å². The van der Waals surface area contributed by atoms with Crippen LogP contribution in [0.15, 0.2) is 24.3 Å². The van der Waals surface area contributed by atoms with Gasteiger partial charge in [0.2, 0.25) is 11.8 Å². The number of nitrogens with zero attached hydrogens (tertiary/aromatic N) is 4. The van der Waals surface area contributed by atoms with E-state index in [0.717, 1.165) is 18.9 Å². The number of ether oxygens (including phenoxy) is 2. The van der Waals surface area contributed by atoms with Crippen LogP contribution in [-0.2, 0) is 22.4 Å². The third kappa shape index (κ3) is 3.57. The number of aromatic nitrogens is 2. The standard InChI is InChI=1S/C19H21FN4O3/c1-26-18-12-17(23-7-9-27-10-8-23)21-16(22-18)11-19(25)24-6-5-13-14(20)3-2-4-15(13)24/h2-4,12H,5-11H2,1H3. The molecule has 3 heterocycles. The predicted molar refractivity (Wildman–Crippen MR) is 97.8 cm³/mol. The van der Waals surface area contributed by atoms with E-state index in [1.54, 1.807) is 23.1 Å². The van der Waals surface area contributed by atoms with Crippen molar-refractivity contribution in [2.24, 2.45) is 0 Å². The normalized spacial score (nSPS) is 16.4. The van der Waals surface area contributed by atoms with Crippen LogP contribution in [0, 0.1) is 5.82 Å². The summed E-state index contributed by atoms with van der Waals surface area (Å²) < 4.78 is 24.6. The second kappa shape index (κ2) is 7.48. The van der Waals surface area contributed by atoms with Gasteiger partial charge in [0.05, 0.1) is 26.7 Å². The van der Waals surface area contributed by atoms with Crippen molar-refractivity contribution in [1.82, 2.24) is 9.97 Å². The number of rotatable bonds is 4. The zero-order chi connectivity index (χ0) is 18.8. The fourth-order valence-corrected chi connectivity index (χ4v) is 3.48. The zero-order valence-electron chi connectivity index (χ0n) is 15.2. The molecule has 0 radical (unpaired) electrons. The van der Waals surface area contributed by atoms with Gasteiger partial charge in [0, 0.05) is 37.0 Å². The van der Waals surface area contributed by atoms with Crippen LogP contribution in [0.2, 0.25) is 0 Å². The van der Waals surface area contributed by atoms with Gasteiger partial charge in [-0.2, -0.15) is 4.98 Å². The molecule has 142 valence electrons. The molecule has 0 unspecified atom stereocenters. The second-order valence-electron chi connectivity index (χ2n) is 6.49. The minimum Gasteiger partial charge on any atom is -0.481 e. The van der Waals surface area contributed by atoms with Gasteiger partial charge >= 0.3 is 0 Å². The van der Waals surface area contributed by atoms with Crippen molar-refractivity contribution in [2.75, 3.05) is 49.8 Å². The molecule has 1 saturated heterocycles. The molecule has 0 bridgehead atoms.